The lowest BCUT2D eigenvalue weighted by Crippen LogP contribution is -2.54. The highest BCUT2D eigenvalue weighted by Gasteiger charge is 2.53. The van der Waals surface area contributed by atoms with Gasteiger partial charge in [-0.3, -0.25) is 9.20 Å². The zero-order valence-corrected chi connectivity index (χ0v) is 14.6. The Balaban J connectivity index is 1.59. The largest absolute Gasteiger partial charge is 0.340 e. The lowest BCUT2D eigenvalue weighted by molar-refractivity contribution is -0.136. The van der Waals surface area contributed by atoms with Gasteiger partial charge in [0.15, 0.2) is 0 Å². The molecule has 0 N–H and O–H groups in total. The molecule has 1 saturated heterocycles. The van der Waals surface area contributed by atoms with Crippen molar-refractivity contribution < 1.29 is 4.79 Å². The lowest BCUT2D eigenvalue weighted by atomic mass is 9.91. The van der Waals surface area contributed by atoms with E-state index in [9.17, 15) is 10.1 Å². The normalized spacial score (nSPS) is 24.8. The van der Waals surface area contributed by atoms with Crippen molar-refractivity contribution in [2.24, 2.45) is 11.3 Å². The number of hydrogen-bond donors (Lipinski definition) is 0. The maximum atomic E-state index is 12.7. The highest BCUT2D eigenvalue weighted by Crippen LogP contribution is 2.47. The number of aromatic nitrogens is 3. The summed E-state index contributed by atoms with van der Waals surface area (Å²) >= 11 is 0. The van der Waals surface area contributed by atoms with Crippen LogP contribution in [0.3, 0.4) is 0 Å². The number of fused-ring (bicyclic) bond motifs is 1. The lowest BCUT2D eigenvalue weighted by Gasteiger charge is -2.42. The van der Waals surface area contributed by atoms with Crippen LogP contribution in [0, 0.1) is 22.7 Å². The van der Waals surface area contributed by atoms with E-state index in [4.69, 9.17) is 0 Å². The molecule has 4 rings (SSSR count). The Morgan fingerprint density at radius 2 is 2.24 bits per heavy atom. The van der Waals surface area contributed by atoms with Gasteiger partial charge in [0.05, 0.1) is 12.1 Å². The van der Waals surface area contributed by atoms with Crippen molar-refractivity contribution in [3.63, 3.8) is 0 Å². The Labute approximate surface area is 146 Å². The molecule has 0 unspecified atom stereocenters. The fourth-order valence-electron chi connectivity index (χ4n) is 3.80. The zero-order chi connectivity index (χ0) is 17.6. The molecule has 0 radical (unpaired) electrons. The van der Waals surface area contributed by atoms with Gasteiger partial charge >= 0.3 is 0 Å². The fraction of sp³-hybridized carbons (Fsp3) is 0.556. The van der Waals surface area contributed by atoms with Crippen LogP contribution < -0.4 is 4.90 Å². The molecule has 1 saturated carbocycles. The highest BCUT2D eigenvalue weighted by atomic mass is 16.2. The molecule has 1 aliphatic carbocycles. The van der Waals surface area contributed by atoms with E-state index in [2.05, 4.69) is 27.9 Å². The van der Waals surface area contributed by atoms with E-state index in [0.29, 0.717) is 25.3 Å². The summed E-state index contributed by atoms with van der Waals surface area (Å²) < 4.78 is 1.96. The number of rotatable bonds is 3. The first-order valence-corrected chi connectivity index (χ1v) is 8.77. The number of hydrogen-bond acceptors (Lipinski definition) is 5. The number of carbonyl (C=O) groups is 1. The minimum atomic E-state index is -0.744. The number of carbonyl (C=O) groups excluding carboxylic acids is 1. The van der Waals surface area contributed by atoms with Gasteiger partial charge in [-0.2, -0.15) is 5.26 Å². The van der Waals surface area contributed by atoms with Crippen LogP contribution >= 0.6 is 0 Å². The van der Waals surface area contributed by atoms with E-state index in [1.54, 1.807) is 6.33 Å². The molecular weight excluding hydrogens is 316 g/mol. The van der Waals surface area contributed by atoms with E-state index in [-0.39, 0.29) is 11.9 Å². The Kier molecular flexibility index (Phi) is 3.64. The number of nitrogens with zero attached hydrogens (tertiary/aromatic N) is 6. The monoisotopic (exact) mass is 338 g/mol. The summed E-state index contributed by atoms with van der Waals surface area (Å²) in [5.74, 6) is 1.27. The van der Waals surface area contributed by atoms with Crippen LogP contribution in [-0.2, 0) is 4.79 Å². The van der Waals surface area contributed by atoms with Crippen molar-refractivity contribution >= 4 is 17.5 Å². The van der Waals surface area contributed by atoms with Crippen molar-refractivity contribution in [1.82, 2.24) is 19.3 Å². The van der Waals surface area contributed by atoms with Crippen LogP contribution in [0.5, 0.6) is 0 Å². The third-order valence-corrected chi connectivity index (χ3v) is 5.70. The summed E-state index contributed by atoms with van der Waals surface area (Å²) in [5, 5.41) is 9.33. The van der Waals surface area contributed by atoms with Crippen LogP contribution in [0.25, 0.3) is 5.65 Å². The van der Waals surface area contributed by atoms with Crippen LogP contribution in [0.2, 0.25) is 0 Å². The molecule has 1 amide bonds. The third-order valence-electron chi connectivity index (χ3n) is 5.70. The number of likely N-dealkylation sites (tertiary alicyclic amines) is 1. The molecule has 0 aromatic carbocycles. The molecule has 130 valence electrons. The summed E-state index contributed by atoms with van der Waals surface area (Å²) in [6.45, 7) is 3.58. The first-order valence-electron chi connectivity index (χ1n) is 8.77. The van der Waals surface area contributed by atoms with Crippen LogP contribution in [0.1, 0.15) is 26.2 Å². The SMILES string of the molecule is C[C@@H]1CCN(C(=O)C2(C#N)CC2)C[C@@H]1N(C)c1ncnc2cccn12. The second kappa shape index (κ2) is 5.73. The van der Waals surface area contributed by atoms with Gasteiger partial charge in [-0.05, 0) is 37.3 Å². The summed E-state index contributed by atoms with van der Waals surface area (Å²) in [6, 6.07) is 6.28. The van der Waals surface area contributed by atoms with Gasteiger partial charge < -0.3 is 9.80 Å². The number of nitriles is 1. The number of anilines is 1. The van der Waals surface area contributed by atoms with Crippen molar-refractivity contribution in [2.45, 2.75) is 32.2 Å². The van der Waals surface area contributed by atoms with Crippen LogP contribution in [0.15, 0.2) is 24.7 Å². The van der Waals surface area contributed by atoms with Crippen LogP contribution in [-0.4, -0.2) is 51.4 Å². The van der Waals surface area contributed by atoms with E-state index in [1.165, 1.54) is 0 Å². The molecule has 2 atom stereocenters. The molecule has 1 aliphatic heterocycles. The van der Waals surface area contributed by atoms with E-state index in [0.717, 1.165) is 24.6 Å². The summed E-state index contributed by atoms with van der Waals surface area (Å²) in [4.78, 5) is 25.5. The first-order chi connectivity index (χ1) is 12.1. The highest BCUT2D eigenvalue weighted by molar-refractivity contribution is 5.88. The molecule has 2 aromatic heterocycles. The van der Waals surface area contributed by atoms with Crippen molar-refractivity contribution in [1.29, 1.82) is 5.26 Å². The standard InChI is InChI=1S/C18H22N6O/c1-13-5-9-23(16(25)18(11-19)6-7-18)10-14(13)22(2)17-21-12-20-15-4-3-8-24(15)17/h3-4,8,12-14H,5-7,9-10H2,1-2H3/t13-,14+/m1/s1. The van der Waals surface area contributed by atoms with E-state index < -0.39 is 5.41 Å². The summed E-state index contributed by atoms with van der Waals surface area (Å²) in [6.07, 6.45) is 5.86. The number of likely N-dealkylation sites (N-methyl/N-ethyl adjacent to an activating group) is 1. The molecule has 3 heterocycles. The van der Waals surface area contributed by atoms with Crippen molar-refractivity contribution in [3.05, 3.63) is 24.7 Å². The number of piperidine rings is 1. The Morgan fingerprint density at radius 3 is 2.96 bits per heavy atom. The topological polar surface area (TPSA) is 77.5 Å². The van der Waals surface area contributed by atoms with Gasteiger partial charge in [0.1, 0.15) is 17.4 Å². The quantitative estimate of drug-likeness (QED) is 0.851. The Hall–Kier alpha value is -2.62. The predicted molar refractivity (Wildman–Crippen MR) is 92.8 cm³/mol. The molecule has 0 spiro atoms. The molecule has 2 aromatic rings. The van der Waals surface area contributed by atoms with Gasteiger partial charge in [-0.15, -0.1) is 0 Å². The predicted octanol–water partition coefficient (Wildman–Crippen LogP) is 1.71. The maximum Gasteiger partial charge on any atom is 0.243 e. The maximum absolute atomic E-state index is 12.7. The summed E-state index contributed by atoms with van der Waals surface area (Å²) in [5.41, 5.74) is 0.112. The second-order valence-corrected chi connectivity index (χ2v) is 7.30. The molecular formula is C18H22N6O. The smallest absolute Gasteiger partial charge is 0.243 e. The van der Waals surface area contributed by atoms with Gasteiger partial charge in [0.25, 0.3) is 0 Å². The molecule has 2 fully saturated rings. The third kappa shape index (κ3) is 2.53. The van der Waals surface area contributed by atoms with Gasteiger partial charge in [0, 0.05) is 26.3 Å². The van der Waals surface area contributed by atoms with Crippen LogP contribution in [0.4, 0.5) is 5.95 Å². The van der Waals surface area contributed by atoms with E-state index >= 15 is 0 Å². The van der Waals surface area contributed by atoms with Gasteiger partial charge in [-0.1, -0.05) is 6.92 Å². The molecule has 0 bridgehead atoms. The minimum absolute atomic E-state index is 0.00842. The first kappa shape index (κ1) is 15.9. The van der Waals surface area contributed by atoms with Crippen molar-refractivity contribution in [2.75, 3.05) is 25.0 Å². The molecule has 7 nitrogen and oxygen atoms in total. The van der Waals surface area contributed by atoms with E-state index in [1.807, 2.05) is 34.7 Å². The molecule has 7 heteroatoms. The average molecular weight is 338 g/mol. The average Bonchev–Trinajstić information content (AvgIpc) is 3.29. The van der Waals surface area contributed by atoms with Gasteiger partial charge in [0.2, 0.25) is 11.9 Å². The van der Waals surface area contributed by atoms with Gasteiger partial charge in [-0.25, -0.2) is 9.97 Å². The Morgan fingerprint density at radius 1 is 1.44 bits per heavy atom. The zero-order valence-electron chi connectivity index (χ0n) is 14.6. The molecule has 2 aliphatic rings. The summed E-state index contributed by atoms with van der Waals surface area (Å²) in [7, 11) is 2.02. The second-order valence-electron chi connectivity index (χ2n) is 7.30. The number of amides is 1. The molecule has 25 heavy (non-hydrogen) atoms. The minimum Gasteiger partial charge on any atom is -0.340 e. The Bertz CT molecular complexity index is 849. The fourth-order valence-corrected chi connectivity index (χ4v) is 3.80. The van der Waals surface area contributed by atoms with Crippen molar-refractivity contribution in [3.8, 4) is 6.07 Å².